The van der Waals surface area contributed by atoms with E-state index >= 15 is 0 Å². The van der Waals surface area contributed by atoms with Crippen LogP contribution in [0.15, 0.2) is 0 Å². The Labute approximate surface area is 106 Å². The van der Waals surface area contributed by atoms with Gasteiger partial charge in [-0.05, 0) is 40.9 Å². The quantitative estimate of drug-likeness (QED) is 0.587. The maximum absolute atomic E-state index is 11.9. The molecule has 0 radical (unpaired) electrons. The van der Waals surface area contributed by atoms with Crippen molar-refractivity contribution in [2.24, 2.45) is 0 Å². The Morgan fingerprint density at radius 1 is 1.18 bits per heavy atom. The number of rotatable bonds is 9. The fourth-order valence-corrected chi connectivity index (χ4v) is 2.25. The number of nitrogens with zero attached hydrogens (tertiary/aromatic N) is 1. The Bertz CT molecular complexity index is 291. The molecular formula is C11H27N3O2S. The Morgan fingerprint density at radius 2 is 1.76 bits per heavy atom. The first-order chi connectivity index (χ1) is 7.81. The first kappa shape index (κ1) is 16.8. The molecule has 17 heavy (non-hydrogen) atoms. The minimum absolute atomic E-state index is 0.195. The van der Waals surface area contributed by atoms with E-state index in [-0.39, 0.29) is 6.04 Å². The summed E-state index contributed by atoms with van der Waals surface area (Å²) in [6, 6.07) is 0.195. The second kappa shape index (κ2) is 8.02. The highest BCUT2D eigenvalue weighted by molar-refractivity contribution is 7.90. The van der Waals surface area contributed by atoms with Crippen molar-refractivity contribution in [3.63, 3.8) is 0 Å². The van der Waals surface area contributed by atoms with Crippen LogP contribution in [-0.2, 0) is 10.0 Å². The topological polar surface area (TPSA) is 61.4 Å². The Kier molecular flexibility index (Phi) is 7.94. The first-order valence-corrected chi connectivity index (χ1v) is 7.71. The van der Waals surface area contributed by atoms with E-state index in [1.807, 2.05) is 25.9 Å². The van der Waals surface area contributed by atoms with E-state index in [4.69, 9.17) is 0 Å². The zero-order valence-corrected chi connectivity index (χ0v) is 12.5. The van der Waals surface area contributed by atoms with Gasteiger partial charge in [-0.1, -0.05) is 6.92 Å². The molecule has 0 aromatic rings. The highest BCUT2D eigenvalue weighted by Crippen LogP contribution is 1.98. The van der Waals surface area contributed by atoms with Crippen molar-refractivity contribution < 1.29 is 8.42 Å². The monoisotopic (exact) mass is 265 g/mol. The molecule has 0 amide bonds. The fourth-order valence-electron chi connectivity index (χ4n) is 1.15. The molecule has 104 valence electrons. The van der Waals surface area contributed by atoms with E-state index in [2.05, 4.69) is 17.0 Å². The molecule has 2 atom stereocenters. The molecule has 0 rings (SSSR count). The summed E-state index contributed by atoms with van der Waals surface area (Å²) in [6.45, 7) is 7.58. The Morgan fingerprint density at radius 3 is 2.24 bits per heavy atom. The van der Waals surface area contributed by atoms with E-state index in [0.29, 0.717) is 13.1 Å². The summed E-state index contributed by atoms with van der Waals surface area (Å²) < 4.78 is 26.4. The van der Waals surface area contributed by atoms with Gasteiger partial charge in [0.25, 0.3) is 0 Å². The van der Waals surface area contributed by atoms with E-state index in [0.717, 1.165) is 13.0 Å². The van der Waals surface area contributed by atoms with Crippen LogP contribution >= 0.6 is 0 Å². The fraction of sp³-hybridized carbons (Fsp3) is 1.00. The van der Waals surface area contributed by atoms with Crippen molar-refractivity contribution in [1.29, 1.82) is 0 Å². The van der Waals surface area contributed by atoms with Crippen molar-refractivity contribution in [1.82, 2.24) is 14.9 Å². The third kappa shape index (κ3) is 6.98. The number of nitrogens with one attached hydrogen (secondary N) is 2. The van der Waals surface area contributed by atoms with Crippen LogP contribution in [0, 0.1) is 0 Å². The number of sulfonamides is 1. The molecule has 0 bridgehead atoms. The van der Waals surface area contributed by atoms with Gasteiger partial charge in [-0.2, -0.15) is 0 Å². The smallest absolute Gasteiger partial charge is 0.215 e. The highest BCUT2D eigenvalue weighted by Gasteiger charge is 2.20. The van der Waals surface area contributed by atoms with Crippen molar-refractivity contribution in [2.75, 3.05) is 33.7 Å². The van der Waals surface area contributed by atoms with Gasteiger partial charge < -0.3 is 10.2 Å². The predicted molar refractivity (Wildman–Crippen MR) is 72.7 cm³/mol. The molecule has 0 aliphatic heterocycles. The Hall–Kier alpha value is -0.170. The maximum atomic E-state index is 11.9. The van der Waals surface area contributed by atoms with Gasteiger partial charge in [-0.3, -0.25) is 0 Å². The number of hydrogen-bond donors (Lipinski definition) is 2. The van der Waals surface area contributed by atoms with Crippen LogP contribution in [0.3, 0.4) is 0 Å². The van der Waals surface area contributed by atoms with Crippen molar-refractivity contribution in [2.45, 2.75) is 38.5 Å². The summed E-state index contributed by atoms with van der Waals surface area (Å²) in [5.41, 5.74) is 0. The molecule has 0 aromatic heterocycles. The summed E-state index contributed by atoms with van der Waals surface area (Å²) in [7, 11) is 0.663. The van der Waals surface area contributed by atoms with Gasteiger partial charge in [-0.25, -0.2) is 13.1 Å². The average molecular weight is 265 g/mol. The molecule has 0 aliphatic rings. The predicted octanol–water partition coefficient (Wildman–Crippen LogP) is 0.244. The summed E-state index contributed by atoms with van der Waals surface area (Å²) >= 11 is 0. The minimum Gasteiger partial charge on any atom is -0.315 e. The third-order valence-electron chi connectivity index (χ3n) is 2.85. The van der Waals surface area contributed by atoms with Gasteiger partial charge in [0.2, 0.25) is 10.0 Å². The lowest BCUT2D eigenvalue weighted by Gasteiger charge is -2.21. The van der Waals surface area contributed by atoms with Gasteiger partial charge in [0.1, 0.15) is 0 Å². The molecule has 5 nitrogen and oxygen atoms in total. The SMILES string of the molecule is CCCNCC(C)S(=O)(=O)NCC(C)N(C)C. The largest absolute Gasteiger partial charge is 0.315 e. The van der Waals surface area contributed by atoms with Crippen molar-refractivity contribution >= 4 is 10.0 Å². The number of hydrogen-bond acceptors (Lipinski definition) is 4. The summed E-state index contributed by atoms with van der Waals surface area (Å²) in [4.78, 5) is 1.99. The van der Waals surface area contributed by atoms with Crippen LogP contribution in [0.4, 0.5) is 0 Å². The van der Waals surface area contributed by atoms with Gasteiger partial charge in [0, 0.05) is 19.1 Å². The zero-order chi connectivity index (χ0) is 13.5. The van der Waals surface area contributed by atoms with Gasteiger partial charge >= 0.3 is 0 Å². The molecule has 6 heteroatoms. The minimum atomic E-state index is -3.21. The lowest BCUT2D eigenvalue weighted by Crippen LogP contribution is -2.44. The van der Waals surface area contributed by atoms with Crippen LogP contribution in [-0.4, -0.2) is 58.3 Å². The second-order valence-corrected chi connectivity index (χ2v) is 6.90. The van der Waals surface area contributed by atoms with Crippen molar-refractivity contribution in [3.05, 3.63) is 0 Å². The maximum Gasteiger partial charge on any atom is 0.215 e. The van der Waals surface area contributed by atoms with E-state index < -0.39 is 15.3 Å². The zero-order valence-electron chi connectivity index (χ0n) is 11.7. The van der Waals surface area contributed by atoms with Crippen LogP contribution in [0.25, 0.3) is 0 Å². The van der Waals surface area contributed by atoms with Crippen LogP contribution in [0.2, 0.25) is 0 Å². The van der Waals surface area contributed by atoms with Gasteiger partial charge in [0.05, 0.1) is 5.25 Å². The summed E-state index contributed by atoms with van der Waals surface area (Å²) in [5.74, 6) is 0. The molecule has 0 heterocycles. The van der Waals surface area contributed by atoms with Gasteiger partial charge in [-0.15, -0.1) is 0 Å². The normalized spacial score (nSPS) is 16.1. The molecule has 0 saturated carbocycles. The average Bonchev–Trinajstić information content (AvgIpc) is 2.25. The van der Waals surface area contributed by atoms with Crippen LogP contribution < -0.4 is 10.0 Å². The first-order valence-electron chi connectivity index (χ1n) is 6.16. The molecule has 0 fully saturated rings. The summed E-state index contributed by atoms with van der Waals surface area (Å²) in [6.07, 6.45) is 1.01. The second-order valence-electron chi connectivity index (χ2n) is 4.72. The van der Waals surface area contributed by atoms with Crippen LogP contribution in [0.1, 0.15) is 27.2 Å². The number of likely N-dealkylation sites (N-methyl/N-ethyl adjacent to an activating group) is 1. The van der Waals surface area contributed by atoms with Crippen molar-refractivity contribution in [3.8, 4) is 0 Å². The van der Waals surface area contributed by atoms with E-state index in [9.17, 15) is 8.42 Å². The molecule has 0 saturated heterocycles. The molecular weight excluding hydrogens is 238 g/mol. The lowest BCUT2D eigenvalue weighted by atomic mass is 10.3. The molecule has 2 unspecified atom stereocenters. The highest BCUT2D eigenvalue weighted by atomic mass is 32.2. The van der Waals surface area contributed by atoms with E-state index in [1.54, 1.807) is 6.92 Å². The van der Waals surface area contributed by atoms with Crippen LogP contribution in [0.5, 0.6) is 0 Å². The Balaban J connectivity index is 4.09. The summed E-state index contributed by atoms with van der Waals surface area (Å²) in [5, 5.41) is 2.72. The van der Waals surface area contributed by atoms with Gasteiger partial charge in [0.15, 0.2) is 0 Å². The molecule has 0 spiro atoms. The van der Waals surface area contributed by atoms with E-state index in [1.165, 1.54) is 0 Å². The standard InChI is InChI=1S/C11H27N3O2S/c1-6-7-12-9-11(3)17(15,16)13-8-10(2)14(4)5/h10-13H,6-9H2,1-5H3. The molecule has 2 N–H and O–H groups in total. The molecule has 0 aliphatic carbocycles. The lowest BCUT2D eigenvalue weighted by molar-refractivity contribution is 0.313. The third-order valence-corrected chi connectivity index (χ3v) is 4.64. The molecule has 0 aromatic carbocycles.